The lowest BCUT2D eigenvalue weighted by Gasteiger charge is -2.35. The zero-order chi connectivity index (χ0) is 25.4. The fourth-order valence-electron chi connectivity index (χ4n) is 6.55. The van der Waals surface area contributed by atoms with E-state index in [2.05, 4.69) is 48.4 Å². The number of carbonyl (C=O) groups excluding carboxylic acids is 1. The Hall–Kier alpha value is -3.41. The molecule has 0 radical (unpaired) electrons. The van der Waals surface area contributed by atoms with Gasteiger partial charge in [0.05, 0.1) is 0 Å². The molecule has 0 spiro atoms. The Morgan fingerprint density at radius 1 is 1.00 bits per heavy atom. The molecule has 6 rings (SSSR count). The quantitative estimate of drug-likeness (QED) is 0.422. The summed E-state index contributed by atoms with van der Waals surface area (Å²) in [6.45, 7) is 0.958. The van der Waals surface area contributed by atoms with Crippen molar-refractivity contribution in [3.05, 3.63) is 102 Å². The van der Waals surface area contributed by atoms with Crippen LogP contribution in [0.1, 0.15) is 42.4 Å². The van der Waals surface area contributed by atoms with Crippen LogP contribution >= 0.6 is 0 Å². The first-order valence-electron chi connectivity index (χ1n) is 13.3. The minimum Gasteiger partial charge on any atom is -0.459 e. The largest absolute Gasteiger partial charge is 0.459 e. The van der Waals surface area contributed by atoms with Gasteiger partial charge in [-0.15, -0.1) is 0 Å². The molecule has 0 aromatic heterocycles. The minimum absolute atomic E-state index is 0.175. The zero-order valence-corrected chi connectivity index (χ0v) is 21.1. The van der Waals surface area contributed by atoms with Crippen molar-refractivity contribution in [2.24, 2.45) is 11.8 Å². The average molecular weight is 496 g/mol. The second-order valence-corrected chi connectivity index (χ2v) is 10.6. The number of carbonyl (C=O) groups is 1. The topological polar surface area (TPSA) is 59.0 Å². The molecule has 3 aromatic rings. The summed E-state index contributed by atoms with van der Waals surface area (Å²) >= 11 is 0. The number of esters is 1. The fourth-order valence-corrected chi connectivity index (χ4v) is 6.55. The normalized spacial score (nSPS) is 25.1. The minimum atomic E-state index is -1.89. The summed E-state index contributed by atoms with van der Waals surface area (Å²) in [4.78, 5) is 16.2. The van der Waals surface area contributed by atoms with Gasteiger partial charge in [-0.3, -0.25) is 0 Å². The lowest BCUT2D eigenvalue weighted by atomic mass is 9.83. The number of fused-ring (bicyclic) bond motifs is 4. The third-order valence-electron chi connectivity index (χ3n) is 8.43. The van der Waals surface area contributed by atoms with Crippen molar-refractivity contribution in [2.75, 3.05) is 13.6 Å². The first kappa shape index (κ1) is 24.0. The van der Waals surface area contributed by atoms with Crippen molar-refractivity contribution < 1.29 is 19.4 Å². The van der Waals surface area contributed by atoms with E-state index < -0.39 is 11.6 Å². The number of hydrogen-bond donors (Lipinski definition) is 1. The van der Waals surface area contributed by atoms with E-state index in [1.165, 1.54) is 5.56 Å². The summed E-state index contributed by atoms with van der Waals surface area (Å²) in [6.07, 6.45) is 8.33. The molecule has 3 aromatic carbocycles. The van der Waals surface area contributed by atoms with Crippen LogP contribution in [0.4, 0.5) is 0 Å². The first-order valence-corrected chi connectivity index (χ1v) is 13.3. The van der Waals surface area contributed by atoms with Gasteiger partial charge in [0.2, 0.25) is 5.60 Å². The lowest BCUT2D eigenvalue weighted by Crippen LogP contribution is -2.44. The molecule has 0 saturated heterocycles. The van der Waals surface area contributed by atoms with Crippen LogP contribution in [0.5, 0.6) is 11.5 Å². The summed E-state index contributed by atoms with van der Waals surface area (Å²) < 4.78 is 12.2. The fraction of sp³-hybridized carbons (Fsp3) is 0.344. The molecule has 1 N–H and O–H groups in total. The molecule has 2 fully saturated rings. The molecule has 190 valence electrons. The second kappa shape index (κ2) is 9.81. The Kier molecular flexibility index (Phi) is 6.35. The molecule has 1 aliphatic heterocycles. The monoisotopic (exact) mass is 495 g/mol. The molecule has 1 heterocycles. The van der Waals surface area contributed by atoms with E-state index in [9.17, 15) is 9.90 Å². The van der Waals surface area contributed by atoms with Crippen LogP contribution in [-0.2, 0) is 15.1 Å². The summed E-state index contributed by atoms with van der Waals surface area (Å²) in [5.41, 5.74) is 0.189. The van der Waals surface area contributed by atoms with Gasteiger partial charge in [0, 0.05) is 29.6 Å². The van der Waals surface area contributed by atoms with E-state index in [0.29, 0.717) is 34.6 Å². The molecule has 2 aliphatic carbocycles. The number of benzene rings is 3. The molecule has 4 unspecified atom stereocenters. The van der Waals surface area contributed by atoms with E-state index in [-0.39, 0.29) is 12.0 Å². The molecule has 0 amide bonds. The first-order chi connectivity index (χ1) is 18.1. The molecule has 37 heavy (non-hydrogen) atoms. The maximum atomic E-state index is 13.8. The Morgan fingerprint density at radius 2 is 1.65 bits per heavy atom. The van der Waals surface area contributed by atoms with Crippen molar-refractivity contribution in [3.63, 3.8) is 0 Å². The van der Waals surface area contributed by atoms with Crippen molar-refractivity contribution in [1.82, 2.24) is 4.90 Å². The highest BCUT2D eigenvalue weighted by molar-refractivity contribution is 5.88. The number of para-hydroxylation sites is 2. The maximum Gasteiger partial charge on any atom is 0.348 e. The molecule has 2 bridgehead atoms. The average Bonchev–Trinajstić information content (AvgIpc) is 3.48. The third-order valence-corrected chi connectivity index (χ3v) is 8.43. The molecule has 4 atom stereocenters. The summed E-state index contributed by atoms with van der Waals surface area (Å²) in [7, 11) is 2.18. The molecule has 2 saturated carbocycles. The molecule has 5 nitrogen and oxygen atoms in total. The number of aliphatic hydroxyl groups is 1. The summed E-state index contributed by atoms with van der Waals surface area (Å²) in [5.74, 6) is 0.972. The van der Waals surface area contributed by atoms with E-state index in [4.69, 9.17) is 9.47 Å². The van der Waals surface area contributed by atoms with Crippen LogP contribution in [0.2, 0.25) is 0 Å². The number of ether oxygens (including phenoxy) is 2. The number of rotatable bonds is 7. The van der Waals surface area contributed by atoms with Crippen molar-refractivity contribution in [1.29, 1.82) is 0 Å². The predicted molar refractivity (Wildman–Crippen MR) is 143 cm³/mol. The van der Waals surface area contributed by atoms with Gasteiger partial charge in [-0.2, -0.15) is 0 Å². The van der Waals surface area contributed by atoms with Crippen molar-refractivity contribution in [2.45, 2.75) is 43.4 Å². The van der Waals surface area contributed by atoms with Gasteiger partial charge in [0.25, 0.3) is 0 Å². The molecular formula is C32H33NO4. The van der Waals surface area contributed by atoms with Crippen molar-refractivity contribution in [3.8, 4) is 11.5 Å². The van der Waals surface area contributed by atoms with Gasteiger partial charge in [0.1, 0.15) is 17.6 Å². The predicted octanol–water partition coefficient (Wildman–Crippen LogP) is 5.77. The van der Waals surface area contributed by atoms with Crippen LogP contribution in [-0.4, -0.2) is 41.7 Å². The second-order valence-electron chi connectivity index (χ2n) is 10.6. The third kappa shape index (κ3) is 4.26. The Bertz CT molecular complexity index is 1260. The van der Waals surface area contributed by atoms with Crippen LogP contribution in [0.25, 0.3) is 6.08 Å². The highest BCUT2D eigenvalue weighted by Crippen LogP contribution is 2.51. The Labute approximate surface area is 218 Å². The van der Waals surface area contributed by atoms with Gasteiger partial charge in [-0.25, -0.2) is 4.79 Å². The van der Waals surface area contributed by atoms with Gasteiger partial charge < -0.3 is 19.5 Å². The molecular weight excluding hydrogens is 462 g/mol. The summed E-state index contributed by atoms with van der Waals surface area (Å²) in [6, 6.07) is 25.1. The molecule has 3 aliphatic rings. The van der Waals surface area contributed by atoms with Gasteiger partial charge in [0.15, 0.2) is 0 Å². The van der Waals surface area contributed by atoms with Crippen LogP contribution in [0.15, 0.2) is 84.9 Å². The van der Waals surface area contributed by atoms with E-state index in [1.54, 1.807) is 24.3 Å². The van der Waals surface area contributed by atoms with Gasteiger partial charge >= 0.3 is 5.97 Å². The van der Waals surface area contributed by atoms with Gasteiger partial charge in [-0.05, 0) is 56.3 Å². The van der Waals surface area contributed by atoms with E-state index in [0.717, 1.165) is 32.2 Å². The highest BCUT2D eigenvalue weighted by Gasteiger charge is 2.55. The molecule has 5 heteroatoms. The smallest absolute Gasteiger partial charge is 0.348 e. The van der Waals surface area contributed by atoms with Crippen molar-refractivity contribution >= 4 is 12.0 Å². The number of hydrogen-bond acceptors (Lipinski definition) is 5. The van der Waals surface area contributed by atoms with E-state index >= 15 is 0 Å². The number of nitrogens with zero attached hydrogens (tertiary/aromatic N) is 1. The Morgan fingerprint density at radius 3 is 2.35 bits per heavy atom. The lowest BCUT2D eigenvalue weighted by molar-refractivity contribution is -0.171. The summed E-state index contributed by atoms with van der Waals surface area (Å²) in [5, 5.41) is 11.9. The van der Waals surface area contributed by atoms with Crippen LogP contribution in [0.3, 0.4) is 0 Å². The van der Waals surface area contributed by atoms with Crippen LogP contribution in [0, 0.1) is 11.8 Å². The zero-order valence-electron chi connectivity index (χ0n) is 21.1. The van der Waals surface area contributed by atoms with Crippen LogP contribution < -0.4 is 4.74 Å². The maximum absolute atomic E-state index is 13.8. The van der Waals surface area contributed by atoms with Gasteiger partial charge in [-0.1, -0.05) is 78.9 Å². The SMILES string of the molecule is CN(CCC=Cc1ccccc1)C1CC2CCC1C2OC(=O)C1(O)c2ccccc2Oc2ccccc21. The van der Waals surface area contributed by atoms with E-state index in [1.807, 2.05) is 30.3 Å². The Balaban J connectivity index is 1.16. The highest BCUT2D eigenvalue weighted by atomic mass is 16.6. The standard InChI is InChI=1S/C32H33NO4/c1-33(20-10-9-13-22-11-3-2-4-12-22)27-21-23-18-19-24(27)30(23)37-31(34)32(35)25-14-5-7-16-28(25)36-29-17-8-6-15-26(29)32/h2-9,11-17,23-24,27,30,35H,10,18-21H2,1H3.